The highest BCUT2D eigenvalue weighted by molar-refractivity contribution is 9.11. The second-order valence-corrected chi connectivity index (χ2v) is 10.3. The second-order valence-electron chi connectivity index (χ2n) is 7.88. The molecule has 7 nitrogen and oxygen atoms in total. The van der Waals surface area contributed by atoms with E-state index in [1.165, 1.54) is 11.3 Å². The number of nitrogens with zero attached hydrogens (tertiary/aromatic N) is 2. The van der Waals surface area contributed by atoms with Crippen LogP contribution in [0.15, 0.2) is 34.1 Å². The molecule has 0 saturated carbocycles. The zero-order valence-electron chi connectivity index (χ0n) is 17.3. The molecule has 2 N–H and O–H groups in total. The molecule has 3 amide bonds. The minimum Gasteiger partial charge on any atom is -0.346 e. The highest BCUT2D eigenvalue weighted by atomic mass is 79.9. The zero-order valence-corrected chi connectivity index (χ0v) is 19.7. The van der Waals surface area contributed by atoms with Crippen molar-refractivity contribution in [3.8, 4) is 0 Å². The third-order valence-corrected chi connectivity index (χ3v) is 7.26. The van der Waals surface area contributed by atoms with E-state index >= 15 is 0 Å². The van der Waals surface area contributed by atoms with Crippen LogP contribution in [0.3, 0.4) is 0 Å². The molecule has 0 aliphatic carbocycles. The van der Waals surface area contributed by atoms with E-state index in [0.717, 1.165) is 41.1 Å². The van der Waals surface area contributed by atoms with Crippen molar-refractivity contribution < 1.29 is 14.4 Å². The third kappa shape index (κ3) is 4.99. The van der Waals surface area contributed by atoms with Gasteiger partial charge in [-0.25, -0.2) is 0 Å². The molecular formula is C22H25BrN4O3S. The van der Waals surface area contributed by atoms with Crippen molar-refractivity contribution in [3.63, 3.8) is 0 Å². The number of amides is 3. The first-order valence-corrected chi connectivity index (χ1v) is 12.0. The second kappa shape index (κ2) is 9.50. The number of nitrogens with one attached hydrogen (secondary N) is 2. The van der Waals surface area contributed by atoms with Gasteiger partial charge >= 0.3 is 0 Å². The van der Waals surface area contributed by atoms with Gasteiger partial charge in [0, 0.05) is 43.9 Å². The normalized spacial score (nSPS) is 19.4. The molecule has 164 valence electrons. The van der Waals surface area contributed by atoms with Crippen molar-refractivity contribution in [2.24, 2.45) is 0 Å². The minimum absolute atomic E-state index is 0.0327. The maximum Gasteiger partial charge on any atom is 0.261 e. The quantitative estimate of drug-likeness (QED) is 0.670. The van der Waals surface area contributed by atoms with Gasteiger partial charge in [0.2, 0.25) is 5.91 Å². The lowest BCUT2D eigenvalue weighted by molar-refractivity contribution is -0.117. The number of rotatable bonds is 4. The number of thiophene rings is 1. The number of carbonyl (C=O) groups excluding carboxylic acids is 3. The molecule has 0 spiro atoms. The number of carbonyl (C=O) groups is 3. The standard InChI is InChI=1S/C22H25BrN4O3S/c1-14-11-16(3-4-17(14)22(30)26-9-2-7-24-8-10-26)27-13-15(12-20(27)28)25-21(29)18-5-6-19(23)31-18/h3-6,11,15,24H,2,7-10,12-13H2,1H3,(H,25,29). The molecule has 3 heterocycles. The van der Waals surface area contributed by atoms with Crippen LogP contribution in [0.25, 0.3) is 0 Å². The third-order valence-electron chi connectivity index (χ3n) is 5.64. The van der Waals surface area contributed by atoms with E-state index in [1.807, 2.05) is 36.1 Å². The van der Waals surface area contributed by atoms with Crippen molar-refractivity contribution in [3.05, 3.63) is 50.1 Å². The zero-order chi connectivity index (χ0) is 22.0. The lowest BCUT2D eigenvalue weighted by Gasteiger charge is -2.22. The molecule has 0 bridgehead atoms. The number of hydrogen-bond donors (Lipinski definition) is 2. The predicted molar refractivity (Wildman–Crippen MR) is 125 cm³/mol. The lowest BCUT2D eigenvalue weighted by atomic mass is 10.1. The summed E-state index contributed by atoms with van der Waals surface area (Å²) in [6.07, 6.45) is 1.21. The number of anilines is 1. The fourth-order valence-electron chi connectivity index (χ4n) is 4.02. The number of hydrogen-bond acceptors (Lipinski definition) is 5. The smallest absolute Gasteiger partial charge is 0.261 e. The molecule has 0 radical (unpaired) electrons. The van der Waals surface area contributed by atoms with E-state index in [4.69, 9.17) is 0 Å². The molecule has 2 aliphatic rings. The SMILES string of the molecule is Cc1cc(N2CC(NC(=O)c3ccc(Br)s3)CC2=O)ccc1C(=O)N1CCCNCC1. The summed E-state index contributed by atoms with van der Waals surface area (Å²) in [6, 6.07) is 8.88. The van der Waals surface area contributed by atoms with Gasteiger partial charge < -0.3 is 20.4 Å². The van der Waals surface area contributed by atoms with Gasteiger partial charge in [-0.05, 0) is 71.7 Å². The average molecular weight is 505 g/mol. The molecule has 9 heteroatoms. The van der Waals surface area contributed by atoms with Crippen molar-refractivity contribution in [2.75, 3.05) is 37.6 Å². The fraction of sp³-hybridized carbons (Fsp3) is 0.409. The Morgan fingerprint density at radius 2 is 2.03 bits per heavy atom. The van der Waals surface area contributed by atoms with E-state index in [0.29, 0.717) is 23.5 Å². The van der Waals surface area contributed by atoms with Crippen molar-refractivity contribution in [1.29, 1.82) is 0 Å². The Morgan fingerprint density at radius 1 is 1.19 bits per heavy atom. The largest absolute Gasteiger partial charge is 0.346 e. The topological polar surface area (TPSA) is 81.8 Å². The van der Waals surface area contributed by atoms with Gasteiger partial charge in [-0.2, -0.15) is 0 Å². The van der Waals surface area contributed by atoms with Crippen LogP contribution in [0.2, 0.25) is 0 Å². The summed E-state index contributed by atoms with van der Waals surface area (Å²) in [7, 11) is 0. The van der Waals surface area contributed by atoms with Crippen LogP contribution in [-0.4, -0.2) is 61.4 Å². The maximum atomic E-state index is 12.9. The Kier molecular flexibility index (Phi) is 6.74. The van der Waals surface area contributed by atoms with Gasteiger partial charge in [0.1, 0.15) is 0 Å². The monoisotopic (exact) mass is 504 g/mol. The van der Waals surface area contributed by atoms with Crippen molar-refractivity contribution in [1.82, 2.24) is 15.5 Å². The van der Waals surface area contributed by atoms with Crippen LogP contribution in [0.4, 0.5) is 5.69 Å². The van der Waals surface area contributed by atoms with E-state index in [1.54, 1.807) is 11.0 Å². The number of halogens is 1. The van der Waals surface area contributed by atoms with Gasteiger partial charge in [-0.1, -0.05) is 0 Å². The predicted octanol–water partition coefficient (Wildman–Crippen LogP) is 2.79. The Labute approximate surface area is 193 Å². The summed E-state index contributed by atoms with van der Waals surface area (Å²) in [5.41, 5.74) is 2.28. The van der Waals surface area contributed by atoms with Crippen LogP contribution in [-0.2, 0) is 4.79 Å². The lowest BCUT2D eigenvalue weighted by Crippen LogP contribution is -2.37. The Morgan fingerprint density at radius 3 is 2.77 bits per heavy atom. The van der Waals surface area contributed by atoms with E-state index in [9.17, 15) is 14.4 Å². The number of benzene rings is 1. The molecule has 2 fully saturated rings. The van der Waals surface area contributed by atoms with Gasteiger partial charge in [-0.3, -0.25) is 14.4 Å². The summed E-state index contributed by atoms with van der Waals surface area (Å²) in [5.74, 6) is -0.165. The highest BCUT2D eigenvalue weighted by Gasteiger charge is 2.32. The molecule has 31 heavy (non-hydrogen) atoms. The summed E-state index contributed by atoms with van der Waals surface area (Å²) in [5, 5.41) is 6.26. The minimum atomic E-state index is -0.243. The van der Waals surface area contributed by atoms with Gasteiger partial charge in [0.05, 0.1) is 14.7 Å². The molecule has 1 aromatic carbocycles. The average Bonchev–Trinajstić information content (AvgIpc) is 3.22. The van der Waals surface area contributed by atoms with Crippen molar-refractivity contribution >= 4 is 50.7 Å². The van der Waals surface area contributed by atoms with Gasteiger partial charge in [-0.15, -0.1) is 11.3 Å². The molecule has 1 unspecified atom stereocenters. The first-order chi connectivity index (χ1) is 14.9. The fourth-order valence-corrected chi connectivity index (χ4v) is 5.31. The van der Waals surface area contributed by atoms with E-state index in [-0.39, 0.29) is 30.2 Å². The van der Waals surface area contributed by atoms with E-state index < -0.39 is 0 Å². The first kappa shape index (κ1) is 22.0. The van der Waals surface area contributed by atoms with Crippen LogP contribution < -0.4 is 15.5 Å². The maximum absolute atomic E-state index is 12.9. The summed E-state index contributed by atoms with van der Waals surface area (Å²) in [6.45, 7) is 5.51. The Bertz CT molecular complexity index is 1000. The summed E-state index contributed by atoms with van der Waals surface area (Å²) in [4.78, 5) is 42.2. The highest BCUT2D eigenvalue weighted by Crippen LogP contribution is 2.26. The van der Waals surface area contributed by atoms with Gasteiger partial charge in [0.25, 0.3) is 11.8 Å². The van der Waals surface area contributed by atoms with Crippen LogP contribution in [0, 0.1) is 6.92 Å². The summed E-state index contributed by atoms with van der Waals surface area (Å²) < 4.78 is 0.892. The molecule has 2 aliphatic heterocycles. The van der Waals surface area contributed by atoms with Crippen LogP contribution in [0.5, 0.6) is 0 Å². The van der Waals surface area contributed by atoms with E-state index in [2.05, 4.69) is 26.6 Å². The summed E-state index contributed by atoms with van der Waals surface area (Å²) >= 11 is 4.72. The Balaban J connectivity index is 1.43. The molecule has 1 atom stereocenters. The molecule has 1 aromatic heterocycles. The van der Waals surface area contributed by atoms with Crippen LogP contribution in [0.1, 0.15) is 38.4 Å². The molecule has 2 aromatic rings. The molecular weight excluding hydrogens is 480 g/mol. The van der Waals surface area contributed by atoms with Crippen LogP contribution >= 0.6 is 27.3 Å². The van der Waals surface area contributed by atoms with Gasteiger partial charge in [0.15, 0.2) is 0 Å². The Hall–Kier alpha value is -2.23. The van der Waals surface area contributed by atoms with Crippen molar-refractivity contribution in [2.45, 2.75) is 25.8 Å². The molecule has 4 rings (SSSR count). The first-order valence-electron chi connectivity index (χ1n) is 10.4. The number of aryl methyl sites for hydroxylation is 1. The molecule has 2 saturated heterocycles.